The topological polar surface area (TPSA) is 106 Å². The van der Waals surface area contributed by atoms with Crippen LogP contribution in [0, 0.1) is 18.3 Å². The van der Waals surface area contributed by atoms with E-state index in [4.69, 9.17) is 0 Å². The molecule has 0 spiro atoms. The van der Waals surface area contributed by atoms with Crippen molar-refractivity contribution < 1.29 is 13.2 Å². The quantitative estimate of drug-likeness (QED) is 0.427. The Morgan fingerprint density at radius 3 is 2.68 bits per heavy atom. The van der Waals surface area contributed by atoms with Crippen molar-refractivity contribution in [2.24, 2.45) is 0 Å². The molecule has 186 valence electrons. The zero-order valence-corrected chi connectivity index (χ0v) is 21.3. The Kier molecular flexibility index (Phi) is 6.38. The number of hydrogen-bond acceptors (Lipinski definition) is 5. The smallest absolute Gasteiger partial charge is 0.303 e. The molecular weight excluding hydrogens is 486 g/mol. The molecular formula is C28H25N5O3S. The van der Waals surface area contributed by atoms with Crippen LogP contribution in [-0.4, -0.2) is 43.8 Å². The van der Waals surface area contributed by atoms with Gasteiger partial charge in [-0.2, -0.15) is 18.0 Å². The molecule has 5 rings (SSSR count). The van der Waals surface area contributed by atoms with Gasteiger partial charge in [-0.15, -0.1) is 0 Å². The van der Waals surface area contributed by atoms with Gasteiger partial charge in [-0.3, -0.25) is 14.1 Å². The van der Waals surface area contributed by atoms with Crippen LogP contribution in [0.2, 0.25) is 0 Å². The summed E-state index contributed by atoms with van der Waals surface area (Å²) >= 11 is 0. The molecule has 3 aromatic carbocycles. The second-order valence-electron chi connectivity index (χ2n) is 8.96. The number of hydrogen-bond donors (Lipinski definition) is 1. The number of aryl methyl sites for hydroxylation is 1. The second kappa shape index (κ2) is 9.65. The van der Waals surface area contributed by atoms with Gasteiger partial charge in [-0.1, -0.05) is 30.3 Å². The molecule has 1 aromatic heterocycles. The molecule has 1 amide bonds. The second-order valence-corrected chi connectivity index (χ2v) is 10.9. The summed E-state index contributed by atoms with van der Waals surface area (Å²) in [6.45, 7) is 2.75. The summed E-state index contributed by atoms with van der Waals surface area (Å²) in [7, 11) is -2.14. The molecule has 9 heteroatoms. The van der Waals surface area contributed by atoms with Crippen LogP contribution in [0.5, 0.6) is 0 Å². The van der Waals surface area contributed by atoms with Crippen molar-refractivity contribution in [3.8, 4) is 17.3 Å². The van der Waals surface area contributed by atoms with Crippen LogP contribution < -0.4 is 9.62 Å². The maximum Gasteiger partial charge on any atom is 0.303 e. The molecule has 1 N–H and O–H groups in total. The van der Waals surface area contributed by atoms with Crippen LogP contribution in [0.1, 0.15) is 27.9 Å². The van der Waals surface area contributed by atoms with Crippen LogP contribution in [0.15, 0.2) is 72.9 Å². The van der Waals surface area contributed by atoms with Crippen molar-refractivity contribution >= 4 is 38.3 Å². The van der Waals surface area contributed by atoms with E-state index in [2.05, 4.69) is 10.3 Å². The fraction of sp³-hybridized carbons (Fsp3) is 0.179. The molecule has 1 saturated heterocycles. The zero-order chi connectivity index (χ0) is 26.2. The summed E-state index contributed by atoms with van der Waals surface area (Å²) in [5.41, 5.74) is 3.91. The number of benzene rings is 3. The predicted octanol–water partition coefficient (Wildman–Crippen LogP) is 4.72. The van der Waals surface area contributed by atoms with E-state index in [0.29, 0.717) is 30.9 Å². The molecule has 1 fully saturated rings. The highest BCUT2D eigenvalue weighted by Gasteiger charge is 2.31. The van der Waals surface area contributed by atoms with Gasteiger partial charge in [0.1, 0.15) is 6.07 Å². The van der Waals surface area contributed by atoms with E-state index in [9.17, 15) is 18.5 Å². The highest BCUT2D eigenvalue weighted by Crippen LogP contribution is 2.31. The molecule has 37 heavy (non-hydrogen) atoms. The van der Waals surface area contributed by atoms with E-state index < -0.39 is 16.1 Å². The highest BCUT2D eigenvalue weighted by molar-refractivity contribution is 7.90. The fourth-order valence-corrected chi connectivity index (χ4v) is 6.00. The summed E-state index contributed by atoms with van der Waals surface area (Å²) in [6.07, 6.45) is 2.44. The van der Waals surface area contributed by atoms with Crippen LogP contribution in [0.25, 0.3) is 22.0 Å². The summed E-state index contributed by atoms with van der Waals surface area (Å²) in [5, 5.41) is 14.7. The lowest BCUT2D eigenvalue weighted by Gasteiger charge is -2.34. The zero-order valence-electron chi connectivity index (χ0n) is 20.5. The first kappa shape index (κ1) is 24.4. The van der Waals surface area contributed by atoms with Gasteiger partial charge in [0.05, 0.1) is 22.5 Å². The van der Waals surface area contributed by atoms with Gasteiger partial charge in [0, 0.05) is 43.0 Å². The van der Waals surface area contributed by atoms with Gasteiger partial charge >= 0.3 is 10.2 Å². The Morgan fingerprint density at radius 1 is 1.05 bits per heavy atom. The van der Waals surface area contributed by atoms with Crippen molar-refractivity contribution in [2.75, 3.05) is 29.8 Å². The van der Waals surface area contributed by atoms with Crippen molar-refractivity contribution in [3.05, 3.63) is 89.6 Å². The largest absolute Gasteiger partial charge is 0.322 e. The predicted molar refractivity (Wildman–Crippen MR) is 145 cm³/mol. The molecule has 0 bridgehead atoms. The monoisotopic (exact) mass is 511 g/mol. The first-order valence-corrected chi connectivity index (χ1v) is 13.2. The standard InChI is InChI=1S/C28H25N5O3S/c1-19-8-9-22(17-26(19)27-24-7-4-3-6-20(24)12-13-30-27)31-28(34)25-11-10-23(16-21(25)18-29)33-15-5-14-32(2)37(33,35)36/h3-4,6-13,16-17H,5,14-15H2,1-2H3,(H,31,34). The number of aromatic nitrogens is 1. The lowest BCUT2D eigenvalue weighted by molar-refractivity contribution is 0.102. The number of nitrogens with one attached hydrogen (secondary N) is 1. The first-order chi connectivity index (χ1) is 17.8. The minimum absolute atomic E-state index is 0.0986. The lowest BCUT2D eigenvalue weighted by Crippen LogP contribution is -2.48. The van der Waals surface area contributed by atoms with E-state index in [1.54, 1.807) is 18.3 Å². The summed E-state index contributed by atoms with van der Waals surface area (Å²) in [5.74, 6) is -0.456. The van der Waals surface area contributed by atoms with Crippen LogP contribution in [-0.2, 0) is 10.2 Å². The van der Waals surface area contributed by atoms with Crippen LogP contribution in [0.3, 0.4) is 0 Å². The summed E-state index contributed by atoms with van der Waals surface area (Å²) < 4.78 is 28.0. The van der Waals surface area contributed by atoms with E-state index in [0.717, 1.165) is 27.6 Å². The number of carbonyl (C=O) groups is 1. The van der Waals surface area contributed by atoms with E-state index in [1.165, 1.54) is 27.8 Å². The number of anilines is 2. The third kappa shape index (κ3) is 4.53. The summed E-state index contributed by atoms with van der Waals surface area (Å²) in [4.78, 5) is 17.8. The van der Waals surface area contributed by atoms with Gasteiger partial charge < -0.3 is 5.32 Å². The van der Waals surface area contributed by atoms with Crippen molar-refractivity contribution in [2.45, 2.75) is 13.3 Å². The Labute approximate surface area is 216 Å². The average molecular weight is 512 g/mol. The van der Waals surface area contributed by atoms with E-state index in [1.807, 2.05) is 55.5 Å². The molecule has 0 atom stereocenters. The molecule has 0 aliphatic carbocycles. The third-order valence-electron chi connectivity index (χ3n) is 6.59. The molecule has 0 saturated carbocycles. The van der Waals surface area contributed by atoms with Gasteiger partial charge in [0.2, 0.25) is 0 Å². The first-order valence-electron chi connectivity index (χ1n) is 11.8. The lowest BCUT2D eigenvalue weighted by atomic mass is 9.99. The molecule has 1 aliphatic heterocycles. The molecule has 0 unspecified atom stereocenters. The number of rotatable bonds is 4. The highest BCUT2D eigenvalue weighted by atomic mass is 32.2. The van der Waals surface area contributed by atoms with Crippen LogP contribution >= 0.6 is 0 Å². The van der Waals surface area contributed by atoms with Crippen LogP contribution in [0.4, 0.5) is 11.4 Å². The summed E-state index contributed by atoms with van der Waals surface area (Å²) in [6, 6.07) is 22.1. The Balaban J connectivity index is 1.45. The number of amides is 1. The Morgan fingerprint density at radius 2 is 1.86 bits per heavy atom. The Bertz CT molecular complexity index is 1670. The maximum atomic E-state index is 13.2. The number of carbonyl (C=O) groups excluding carboxylic acids is 1. The fourth-order valence-electron chi connectivity index (χ4n) is 4.56. The molecule has 4 aromatic rings. The van der Waals surface area contributed by atoms with E-state index in [-0.39, 0.29) is 11.1 Å². The molecule has 0 radical (unpaired) electrons. The molecule has 2 heterocycles. The van der Waals surface area contributed by atoms with Gasteiger partial charge in [0.25, 0.3) is 5.91 Å². The average Bonchev–Trinajstić information content (AvgIpc) is 2.90. The normalized spacial score (nSPS) is 15.3. The van der Waals surface area contributed by atoms with Crippen molar-refractivity contribution in [1.82, 2.24) is 9.29 Å². The maximum absolute atomic E-state index is 13.2. The van der Waals surface area contributed by atoms with Crippen molar-refractivity contribution in [1.29, 1.82) is 5.26 Å². The molecule has 1 aliphatic rings. The third-order valence-corrected chi connectivity index (χ3v) is 8.51. The van der Waals surface area contributed by atoms with Gasteiger partial charge in [0.15, 0.2) is 0 Å². The number of pyridine rings is 1. The van der Waals surface area contributed by atoms with E-state index >= 15 is 0 Å². The number of nitriles is 1. The minimum Gasteiger partial charge on any atom is -0.322 e. The van der Waals surface area contributed by atoms with Gasteiger partial charge in [-0.05, 0) is 60.7 Å². The SMILES string of the molecule is Cc1ccc(NC(=O)c2ccc(N3CCCN(C)S3(=O)=O)cc2C#N)cc1-c1nccc2ccccc12. The number of fused-ring (bicyclic) bond motifs is 1. The number of nitrogens with zero attached hydrogens (tertiary/aromatic N) is 4. The van der Waals surface area contributed by atoms with Gasteiger partial charge in [-0.25, -0.2) is 0 Å². The van der Waals surface area contributed by atoms with Crippen molar-refractivity contribution in [3.63, 3.8) is 0 Å². The minimum atomic E-state index is -3.66. The molecule has 8 nitrogen and oxygen atoms in total. The Hall–Kier alpha value is -4.26.